The number of hydrogen-bond donors (Lipinski definition) is 2. The van der Waals surface area contributed by atoms with Crippen LogP contribution in [0.15, 0.2) is 18.2 Å². The molecule has 1 unspecified atom stereocenters. The molecule has 1 aliphatic heterocycles. The molecule has 0 spiro atoms. The van der Waals surface area contributed by atoms with Crippen molar-refractivity contribution in [2.75, 3.05) is 6.54 Å². The maximum Gasteiger partial charge on any atom is 0.471 e. The normalized spacial score (nSPS) is 18.6. The summed E-state index contributed by atoms with van der Waals surface area (Å²) in [5, 5.41) is 18.4. The molecule has 1 amide bonds. The predicted molar refractivity (Wildman–Crippen MR) is 60.0 cm³/mol. The third-order valence-electron chi connectivity index (χ3n) is 3.10. The topological polar surface area (TPSA) is 77.8 Å². The van der Waals surface area contributed by atoms with Gasteiger partial charge in [-0.25, -0.2) is 0 Å². The zero-order chi connectivity index (χ0) is 15.1. The predicted octanol–water partition coefficient (Wildman–Crippen LogP) is 1.46. The highest BCUT2D eigenvalue weighted by atomic mass is 19.4. The number of carbonyl (C=O) groups excluding carboxylic acids is 1. The van der Waals surface area contributed by atoms with Gasteiger partial charge in [0.15, 0.2) is 0 Å². The summed E-state index contributed by atoms with van der Waals surface area (Å²) in [6.45, 7) is -0.915. The summed E-state index contributed by atoms with van der Waals surface area (Å²) in [7, 11) is 0. The molecule has 5 nitrogen and oxygen atoms in total. The number of alkyl halides is 3. The van der Waals surface area contributed by atoms with Crippen molar-refractivity contribution in [3.63, 3.8) is 0 Å². The van der Waals surface area contributed by atoms with Gasteiger partial charge in [0.2, 0.25) is 0 Å². The number of fused-ring (bicyclic) bond motifs is 1. The molecule has 0 radical (unpaired) electrons. The number of hydrogen-bond acceptors (Lipinski definition) is 3. The number of aliphatic carboxylic acids is 1. The molecule has 1 aromatic rings. The van der Waals surface area contributed by atoms with Crippen LogP contribution in [0.5, 0.6) is 5.75 Å². The van der Waals surface area contributed by atoms with E-state index in [0.29, 0.717) is 4.90 Å². The second-order valence-corrected chi connectivity index (χ2v) is 4.46. The third kappa shape index (κ3) is 2.54. The lowest BCUT2D eigenvalue weighted by Gasteiger charge is -2.33. The summed E-state index contributed by atoms with van der Waals surface area (Å²) in [6, 6.07) is 3.75. The van der Waals surface area contributed by atoms with E-state index in [9.17, 15) is 27.9 Å². The molecule has 108 valence electrons. The van der Waals surface area contributed by atoms with Crippen LogP contribution in [-0.4, -0.2) is 39.7 Å². The fourth-order valence-electron chi connectivity index (χ4n) is 2.18. The van der Waals surface area contributed by atoms with Crippen LogP contribution >= 0.6 is 0 Å². The molecular formula is C12H10F3NO4. The molecule has 0 fully saturated rings. The number of amides is 1. The minimum absolute atomic E-state index is 0.175. The highest BCUT2D eigenvalue weighted by Gasteiger charge is 2.45. The molecule has 0 saturated heterocycles. The van der Waals surface area contributed by atoms with Crippen LogP contribution in [0.25, 0.3) is 0 Å². The van der Waals surface area contributed by atoms with Crippen molar-refractivity contribution in [1.82, 2.24) is 4.90 Å². The molecule has 1 aromatic carbocycles. The molecular weight excluding hydrogens is 279 g/mol. The van der Waals surface area contributed by atoms with Crippen LogP contribution in [0.4, 0.5) is 13.2 Å². The second kappa shape index (κ2) is 4.69. The smallest absolute Gasteiger partial charge is 0.471 e. The lowest BCUT2D eigenvalue weighted by molar-refractivity contribution is -0.187. The number of carboxylic acid groups (broad SMARTS) is 1. The molecule has 0 saturated carbocycles. The molecule has 1 atom stereocenters. The van der Waals surface area contributed by atoms with E-state index < -0.39 is 30.5 Å². The van der Waals surface area contributed by atoms with Gasteiger partial charge in [0.1, 0.15) is 5.75 Å². The van der Waals surface area contributed by atoms with Gasteiger partial charge >= 0.3 is 18.1 Å². The van der Waals surface area contributed by atoms with Gasteiger partial charge in [0.05, 0.1) is 5.92 Å². The van der Waals surface area contributed by atoms with Crippen molar-refractivity contribution in [2.45, 2.75) is 18.6 Å². The number of phenols is 1. The number of rotatable bonds is 1. The maximum atomic E-state index is 12.4. The number of carbonyl (C=O) groups is 2. The van der Waals surface area contributed by atoms with Crippen molar-refractivity contribution < 1.29 is 33.0 Å². The molecule has 0 bridgehead atoms. The van der Waals surface area contributed by atoms with Gasteiger partial charge in [0, 0.05) is 13.1 Å². The first kappa shape index (κ1) is 14.2. The maximum absolute atomic E-state index is 12.4. The summed E-state index contributed by atoms with van der Waals surface area (Å²) < 4.78 is 37.3. The number of benzene rings is 1. The van der Waals surface area contributed by atoms with Gasteiger partial charge in [0.25, 0.3) is 0 Å². The first-order valence-electron chi connectivity index (χ1n) is 5.61. The largest absolute Gasteiger partial charge is 0.508 e. The minimum Gasteiger partial charge on any atom is -0.508 e. The molecule has 2 N–H and O–H groups in total. The Balaban J connectivity index is 2.40. The van der Waals surface area contributed by atoms with E-state index in [4.69, 9.17) is 5.11 Å². The van der Waals surface area contributed by atoms with E-state index >= 15 is 0 Å². The van der Waals surface area contributed by atoms with E-state index in [2.05, 4.69) is 0 Å². The zero-order valence-corrected chi connectivity index (χ0v) is 10.0. The van der Waals surface area contributed by atoms with Gasteiger partial charge in [-0.3, -0.25) is 9.59 Å². The van der Waals surface area contributed by atoms with E-state index in [1.807, 2.05) is 0 Å². The summed E-state index contributed by atoms with van der Waals surface area (Å²) in [5.41, 5.74) is 0.503. The van der Waals surface area contributed by atoms with Crippen molar-refractivity contribution >= 4 is 11.9 Å². The first-order valence-corrected chi connectivity index (χ1v) is 5.61. The average Bonchev–Trinajstić information content (AvgIpc) is 2.35. The fraction of sp³-hybridized carbons (Fsp3) is 0.333. The van der Waals surface area contributed by atoms with Crippen LogP contribution in [0, 0.1) is 0 Å². The van der Waals surface area contributed by atoms with Gasteiger partial charge in [-0.1, -0.05) is 6.07 Å². The number of halogens is 3. The van der Waals surface area contributed by atoms with Crippen LogP contribution in [0.2, 0.25) is 0 Å². The lowest BCUT2D eigenvalue weighted by atomic mass is 9.89. The number of phenolic OH excluding ortho intramolecular Hbond substituents is 1. The van der Waals surface area contributed by atoms with E-state index in [1.165, 1.54) is 18.2 Å². The van der Waals surface area contributed by atoms with Gasteiger partial charge in [-0.05, 0) is 23.3 Å². The number of carboxylic acids is 1. The fourth-order valence-corrected chi connectivity index (χ4v) is 2.18. The van der Waals surface area contributed by atoms with E-state index in [-0.39, 0.29) is 23.4 Å². The molecule has 0 aliphatic carbocycles. The van der Waals surface area contributed by atoms with Crippen molar-refractivity contribution in [3.8, 4) is 5.75 Å². The van der Waals surface area contributed by atoms with Gasteiger partial charge < -0.3 is 15.1 Å². The monoisotopic (exact) mass is 289 g/mol. The summed E-state index contributed by atoms with van der Waals surface area (Å²) in [5.74, 6) is -4.89. The molecule has 0 aromatic heterocycles. The van der Waals surface area contributed by atoms with E-state index in [1.54, 1.807) is 0 Å². The Morgan fingerprint density at radius 1 is 1.30 bits per heavy atom. The Labute approximate surface area is 111 Å². The lowest BCUT2D eigenvalue weighted by Crippen LogP contribution is -2.46. The molecule has 2 rings (SSSR count). The molecule has 1 heterocycles. The van der Waals surface area contributed by atoms with Gasteiger partial charge in [-0.2, -0.15) is 13.2 Å². The zero-order valence-electron chi connectivity index (χ0n) is 10.0. The summed E-state index contributed by atoms with van der Waals surface area (Å²) in [6.07, 6.45) is -5.04. The second-order valence-electron chi connectivity index (χ2n) is 4.46. The van der Waals surface area contributed by atoms with Crippen LogP contribution < -0.4 is 0 Å². The Morgan fingerprint density at radius 2 is 1.95 bits per heavy atom. The molecule has 8 heteroatoms. The Hall–Kier alpha value is -2.25. The van der Waals surface area contributed by atoms with Crippen LogP contribution in [0.1, 0.15) is 17.0 Å². The third-order valence-corrected chi connectivity index (χ3v) is 3.10. The molecule has 1 aliphatic rings. The van der Waals surface area contributed by atoms with Crippen molar-refractivity contribution in [3.05, 3.63) is 29.3 Å². The highest BCUT2D eigenvalue weighted by molar-refractivity contribution is 5.84. The Bertz CT molecular complexity index is 570. The SMILES string of the molecule is O=C(O)C1CN(C(=O)C(F)(F)F)Cc2ccc(O)cc21. The first-order chi connectivity index (χ1) is 9.20. The Morgan fingerprint density at radius 3 is 2.50 bits per heavy atom. The van der Waals surface area contributed by atoms with E-state index in [0.717, 1.165) is 0 Å². The van der Waals surface area contributed by atoms with Crippen LogP contribution in [-0.2, 0) is 16.1 Å². The average molecular weight is 289 g/mol. The summed E-state index contributed by atoms with van der Waals surface area (Å²) in [4.78, 5) is 22.8. The highest BCUT2D eigenvalue weighted by Crippen LogP contribution is 2.33. The Kier molecular flexibility index (Phi) is 3.33. The van der Waals surface area contributed by atoms with Crippen molar-refractivity contribution in [1.29, 1.82) is 0 Å². The minimum atomic E-state index is -5.04. The number of nitrogens with zero attached hydrogens (tertiary/aromatic N) is 1. The van der Waals surface area contributed by atoms with Crippen LogP contribution in [0.3, 0.4) is 0 Å². The summed E-state index contributed by atoms with van der Waals surface area (Å²) >= 11 is 0. The quantitative estimate of drug-likeness (QED) is 0.820. The standard InChI is InChI=1S/C12H10F3NO4/c13-12(14,15)11(20)16-4-6-1-2-7(17)3-8(6)9(5-16)10(18)19/h1-3,9,17H,4-5H2,(H,18,19). The number of aromatic hydroxyl groups is 1. The molecule has 20 heavy (non-hydrogen) atoms. The van der Waals surface area contributed by atoms with Crippen molar-refractivity contribution in [2.24, 2.45) is 0 Å². The van der Waals surface area contributed by atoms with Gasteiger partial charge in [-0.15, -0.1) is 0 Å².